The van der Waals surface area contributed by atoms with Crippen molar-refractivity contribution in [3.05, 3.63) is 29.8 Å². The molecule has 2 saturated heterocycles. The summed E-state index contributed by atoms with van der Waals surface area (Å²) in [6.07, 6.45) is 3.94. The normalized spacial score (nSPS) is 24.7. The van der Waals surface area contributed by atoms with Crippen LogP contribution in [-0.2, 0) is 10.0 Å². The molecule has 0 aliphatic carbocycles. The molecule has 3 rings (SSSR count). The fourth-order valence-corrected chi connectivity index (χ4v) is 4.90. The summed E-state index contributed by atoms with van der Waals surface area (Å²) in [5, 5.41) is 3.47. The molecule has 0 aromatic heterocycles. The standard InChI is InChI=1S/C15H20F2N2O2S/c16-13-4-3-12(10-14(13)17)22(20,21)19-8-5-11(6-9-19)15-2-1-7-18-15/h3-4,10-11,15,18H,1-2,5-9H2. The van der Waals surface area contributed by atoms with E-state index in [1.807, 2.05) is 0 Å². The number of hydrogen-bond donors (Lipinski definition) is 1. The van der Waals surface area contributed by atoms with Crippen LogP contribution in [0.25, 0.3) is 0 Å². The van der Waals surface area contributed by atoms with E-state index in [1.165, 1.54) is 10.7 Å². The van der Waals surface area contributed by atoms with Gasteiger partial charge < -0.3 is 5.32 Å². The highest BCUT2D eigenvalue weighted by atomic mass is 32.2. The van der Waals surface area contributed by atoms with Crippen LogP contribution in [0.5, 0.6) is 0 Å². The first-order chi connectivity index (χ1) is 10.5. The summed E-state index contributed by atoms with van der Waals surface area (Å²) in [5.41, 5.74) is 0. The lowest BCUT2D eigenvalue weighted by Gasteiger charge is -2.34. The number of benzene rings is 1. The predicted octanol–water partition coefficient (Wildman–Crippen LogP) is 2.12. The maximum Gasteiger partial charge on any atom is 0.243 e. The zero-order valence-corrected chi connectivity index (χ0v) is 13.1. The lowest BCUT2D eigenvalue weighted by Crippen LogP contribution is -2.43. The third-order valence-electron chi connectivity index (χ3n) is 4.69. The van der Waals surface area contributed by atoms with E-state index in [9.17, 15) is 17.2 Å². The van der Waals surface area contributed by atoms with Crippen LogP contribution in [0.3, 0.4) is 0 Å². The molecular weight excluding hydrogens is 310 g/mol. The number of halogens is 2. The van der Waals surface area contributed by atoms with Crippen LogP contribution in [0, 0.1) is 17.6 Å². The van der Waals surface area contributed by atoms with Crippen molar-refractivity contribution >= 4 is 10.0 Å². The van der Waals surface area contributed by atoms with Crippen LogP contribution in [0.15, 0.2) is 23.1 Å². The van der Waals surface area contributed by atoms with Crippen LogP contribution >= 0.6 is 0 Å². The van der Waals surface area contributed by atoms with Crippen molar-refractivity contribution in [1.29, 1.82) is 0 Å². The summed E-state index contributed by atoms with van der Waals surface area (Å²) in [6.45, 7) is 1.91. The predicted molar refractivity (Wildman–Crippen MR) is 78.9 cm³/mol. The molecule has 1 aromatic carbocycles. The van der Waals surface area contributed by atoms with Crippen LogP contribution < -0.4 is 5.32 Å². The fourth-order valence-electron chi connectivity index (χ4n) is 3.42. The molecule has 2 heterocycles. The maximum atomic E-state index is 13.3. The fraction of sp³-hybridized carbons (Fsp3) is 0.600. The third kappa shape index (κ3) is 3.02. The minimum absolute atomic E-state index is 0.177. The van der Waals surface area contributed by atoms with Crippen LogP contribution in [0.1, 0.15) is 25.7 Å². The zero-order chi connectivity index (χ0) is 15.7. The molecule has 4 nitrogen and oxygen atoms in total. The highest BCUT2D eigenvalue weighted by Crippen LogP contribution is 2.29. The second kappa shape index (κ2) is 6.22. The average Bonchev–Trinajstić information content (AvgIpc) is 3.04. The van der Waals surface area contributed by atoms with Crippen molar-refractivity contribution in [2.45, 2.75) is 36.6 Å². The number of piperidine rings is 1. The van der Waals surface area contributed by atoms with Gasteiger partial charge in [0.25, 0.3) is 0 Å². The van der Waals surface area contributed by atoms with Gasteiger partial charge in [-0.1, -0.05) is 0 Å². The third-order valence-corrected chi connectivity index (χ3v) is 6.59. The molecule has 1 aromatic rings. The first-order valence-corrected chi connectivity index (χ1v) is 9.11. The summed E-state index contributed by atoms with van der Waals surface area (Å²) in [7, 11) is -3.74. The molecule has 0 amide bonds. The highest BCUT2D eigenvalue weighted by molar-refractivity contribution is 7.89. The quantitative estimate of drug-likeness (QED) is 0.923. The maximum absolute atomic E-state index is 13.3. The van der Waals surface area contributed by atoms with Gasteiger partial charge >= 0.3 is 0 Å². The van der Waals surface area contributed by atoms with Gasteiger partial charge in [-0.05, 0) is 56.3 Å². The molecule has 0 radical (unpaired) electrons. The molecular formula is C15H20F2N2O2S. The van der Waals surface area contributed by atoms with Gasteiger partial charge in [0, 0.05) is 19.1 Å². The van der Waals surface area contributed by atoms with Crippen molar-refractivity contribution < 1.29 is 17.2 Å². The van der Waals surface area contributed by atoms with E-state index < -0.39 is 21.7 Å². The summed E-state index contributed by atoms with van der Waals surface area (Å²) in [4.78, 5) is -0.177. The van der Waals surface area contributed by atoms with E-state index in [4.69, 9.17) is 0 Å². The Morgan fingerprint density at radius 3 is 2.41 bits per heavy atom. The molecule has 1 unspecified atom stereocenters. The van der Waals surface area contributed by atoms with Gasteiger partial charge in [-0.15, -0.1) is 0 Å². The van der Waals surface area contributed by atoms with Crippen molar-refractivity contribution in [3.8, 4) is 0 Å². The second-order valence-corrected chi connectivity index (χ2v) is 7.96. The molecule has 0 bridgehead atoms. The Bertz CT molecular complexity index is 637. The zero-order valence-electron chi connectivity index (χ0n) is 12.3. The molecule has 2 aliphatic rings. The molecule has 1 atom stereocenters. The van der Waals surface area contributed by atoms with Crippen molar-refractivity contribution in [3.63, 3.8) is 0 Å². The van der Waals surface area contributed by atoms with E-state index in [1.54, 1.807) is 0 Å². The lowest BCUT2D eigenvalue weighted by molar-refractivity contribution is 0.234. The molecule has 0 spiro atoms. The second-order valence-electron chi connectivity index (χ2n) is 6.02. The van der Waals surface area contributed by atoms with Gasteiger partial charge in [0.15, 0.2) is 11.6 Å². The van der Waals surface area contributed by atoms with Crippen molar-refractivity contribution in [1.82, 2.24) is 9.62 Å². The smallest absolute Gasteiger partial charge is 0.243 e. The van der Waals surface area contributed by atoms with Gasteiger partial charge in [0.05, 0.1) is 4.90 Å². The Balaban J connectivity index is 1.70. The number of nitrogens with one attached hydrogen (secondary N) is 1. The van der Waals surface area contributed by atoms with Crippen LogP contribution in [-0.4, -0.2) is 38.4 Å². The summed E-state index contributed by atoms with van der Waals surface area (Å²) < 4.78 is 52.6. The Kier molecular flexibility index (Phi) is 4.47. The Labute approximate surface area is 129 Å². The van der Waals surface area contributed by atoms with E-state index >= 15 is 0 Å². The lowest BCUT2D eigenvalue weighted by atomic mass is 9.89. The Morgan fingerprint density at radius 2 is 1.82 bits per heavy atom. The summed E-state index contributed by atoms with van der Waals surface area (Å²) in [5.74, 6) is -1.67. The molecule has 22 heavy (non-hydrogen) atoms. The van der Waals surface area contributed by atoms with Crippen LogP contribution in [0.4, 0.5) is 8.78 Å². The molecule has 2 aliphatic heterocycles. The van der Waals surface area contributed by atoms with Gasteiger partial charge in [-0.2, -0.15) is 4.31 Å². The number of nitrogens with zero attached hydrogens (tertiary/aromatic N) is 1. The van der Waals surface area contributed by atoms with Gasteiger partial charge in [0.2, 0.25) is 10.0 Å². The van der Waals surface area contributed by atoms with E-state index in [-0.39, 0.29) is 4.90 Å². The molecule has 0 saturated carbocycles. The van der Waals surface area contributed by atoms with Gasteiger partial charge in [0.1, 0.15) is 0 Å². The first-order valence-electron chi connectivity index (χ1n) is 7.67. The minimum Gasteiger partial charge on any atom is -0.314 e. The van der Waals surface area contributed by atoms with Crippen molar-refractivity contribution in [2.75, 3.05) is 19.6 Å². The molecule has 2 fully saturated rings. The topological polar surface area (TPSA) is 49.4 Å². The highest BCUT2D eigenvalue weighted by Gasteiger charge is 2.33. The van der Waals surface area contributed by atoms with E-state index in [0.29, 0.717) is 25.0 Å². The average molecular weight is 330 g/mol. The van der Waals surface area contributed by atoms with Crippen LogP contribution in [0.2, 0.25) is 0 Å². The largest absolute Gasteiger partial charge is 0.314 e. The van der Waals surface area contributed by atoms with Crippen molar-refractivity contribution in [2.24, 2.45) is 5.92 Å². The molecule has 7 heteroatoms. The summed E-state index contributed by atoms with van der Waals surface area (Å²) >= 11 is 0. The minimum atomic E-state index is -3.74. The molecule has 1 N–H and O–H groups in total. The number of sulfonamides is 1. The Morgan fingerprint density at radius 1 is 1.09 bits per heavy atom. The monoisotopic (exact) mass is 330 g/mol. The van der Waals surface area contributed by atoms with E-state index in [0.717, 1.165) is 44.0 Å². The first kappa shape index (κ1) is 15.8. The molecule has 122 valence electrons. The number of rotatable bonds is 3. The number of hydrogen-bond acceptors (Lipinski definition) is 3. The van der Waals surface area contributed by atoms with Gasteiger partial charge in [-0.25, -0.2) is 17.2 Å². The SMILES string of the molecule is O=S(=O)(c1ccc(F)c(F)c1)N1CCC(C2CCCN2)CC1. The van der Waals surface area contributed by atoms with Gasteiger partial charge in [-0.3, -0.25) is 0 Å². The Hall–Kier alpha value is -1.05. The summed E-state index contributed by atoms with van der Waals surface area (Å²) in [6, 6.07) is 3.23. The van der Waals surface area contributed by atoms with E-state index in [2.05, 4.69) is 5.32 Å².